The molecule has 0 radical (unpaired) electrons. The van der Waals surface area contributed by atoms with Gasteiger partial charge >= 0.3 is 5.97 Å². The van der Waals surface area contributed by atoms with E-state index in [2.05, 4.69) is 39.2 Å². The number of ether oxygens (including phenoxy) is 1. The minimum atomic E-state index is -1.27. The van der Waals surface area contributed by atoms with Gasteiger partial charge in [0.2, 0.25) is 11.4 Å². The summed E-state index contributed by atoms with van der Waals surface area (Å²) in [5.74, 6) is -0.863. The Morgan fingerprint density at radius 1 is 1.24 bits per heavy atom. The van der Waals surface area contributed by atoms with Crippen molar-refractivity contribution in [3.63, 3.8) is 0 Å². The molecule has 9 heteroatoms. The Hall–Kier alpha value is -3.30. The van der Waals surface area contributed by atoms with E-state index < -0.39 is 11.4 Å². The van der Waals surface area contributed by atoms with Crippen molar-refractivity contribution < 1.29 is 14.6 Å². The molecule has 0 spiro atoms. The first-order valence-corrected chi connectivity index (χ1v) is 11.3. The van der Waals surface area contributed by atoms with E-state index in [4.69, 9.17) is 4.74 Å². The van der Waals surface area contributed by atoms with Gasteiger partial charge in [-0.05, 0) is 49.4 Å². The summed E-state index contributed by atoms with van der Waals surface area (Å²) in [4.78, 5) is 35.8. The highest BCUT2D eigenvalue weighted by Gasteiger charge is 2.20. The first kappa shape index (κ1) is 21.5. The zero-order valence-corrected chi connectivity index (χ0v) is 18.6. The predicted molar refractivity (Wildman–Crippen MR) is 124 cm³/mol. The Labute approximate surface area is 191 Å². The van der Waals surface area contributed by atoms with Crippen LogP contribution in [0.2, 0.25) is 0 Å². The number of rotatable bonds is 6. The van der Waals surface area contributed by atoms with E-state index in [-0.39, 0.29) is 17.0 Å². The maximum atomic E-state index is 12.8. The Kier molecular flexibility index (Phi) is 5.82. The fourth-order valence-electron chi connectivity index (χ4n) is 4.64. The van der Waals surface area contributed by atoms with Gasteiger partial charge in [0.05, 0.1) is 18.6 Å². The van der Waals surface area contributed by atoms with Crippen molar-refractivity contribution in [1.82, 2.24) is 19.4 Å². The lowest BCUT2D eigenvalue weighted by atomic mass is 10.1. The summed E-state index contributed by atoms with van der Waals surface area (Å²) in [6, 6.07) is 6.36. The predicted octanol–water partition coefficient (Wildman–Crippen LogP) is 2.10. The second-order valence-electron chi connectivity index (χ2n) is 8.66. The largest absolute Gasteiger partial charge is 0.477 e. The lowest BCUT2D eigenvalue weighted by molar-refractivity contribution is 0.0227. The standard InChI is InChI=1S/C24H27N5O4/c1-15(28-7-9-33-10-8-28)12-25-24-26-13-19-21(30)20(23(31)32)14-29(22(19)27-24)18-6-5-16-3-2-4-17(16)11-18/h5-6,11,13-15H,2-4,7-10,12H2,1H3,(H,31,32)(H,25,26,27). The van der Waals surface area contributed by atoms with Gasteiger partial charge in [-0.15, -0.1) is 0 Å². The van der Waals surface area contributed by atoms with Crippen LogP contribution in [-0.4, -0.2) is 69.4 Å². The van der Waals surface area contributed by atoms with Crippen LogP contribution in [0.5, 0.6) is 0 Å². The molecule has 9 nitrogen and oxygen atoms in total. The molecule has 2 aromatic heterocycles. The van der Waals surface area contributed by atoms with Crippen LogP contribution in [-0.2, 0) is 17.6 Å². The Bertz CT molecular complexity index is 1270. The molecule has 1 unspecified atom stereocenters. The first-order valence-electron chi connectivity index (χ1n) is 11.3. The summed E-state index contributed by atoms with van der Waals surface area (Å²) in [6.07, 6.45) is 5.95. The number of hydrogen-bond donors (Lipinski definition) is 2. The summed E-state index contributed by atoms with van der Waals surface area (Å²) in [7, 11) is 0. The van der Waals surface area contributed by atoms with Crippen LogP contribution in [0.15, 0.2) is 35.4 Å². The number of carboxylic acid groups (broad SMARTS) is 1. The van der Waals surface area contributed by atoms with Crippen LogP contribution < -0.4 is 10.7 Å². The molecule has 0 amide bonds. The van der Waals surface area contributed by atoms with Gasteiger partial charge in [0.15, 0.2) is 5.65 Å². The zero-order chi connectivity index (χ0) is 22.9. The summed E-state index contributed by atoms with van der Waals surface area (Å²) in [5, 5.41) is 13.1. The molecule has 2 aliphatic rings. The molecule has 1 aliphatic heterocycles. The quantitative estimate of drug-likeness (QED) is 0.589. The SMILES string of the molecule is CC(CNc1ncc2c(=O)c(C(=O)O)cn(-c3ccc4c(c3)CCC4)c2n1)N1CCOCC1. The van der Waals surface area contributed by atoms with Crippen molar-refractivity contribution in [3.05, 3.63) is 57.5 Å². The van der Waals surface area contributed by atoms with Gasteiger partial charge in [0, 0.05) is 43.8 Å². The average molecular weight is 450 g/mol. The average Bonchev–Trinajstić information content (AvgIpc) is 3.31. The summed E-state index contributed by atoms with van der Waals surface area (Å²) in [6.45, 7) is 6.01. The van der Waals surface area contributed by atoms with Gasteiger partial charge in [0.1, 0.15) is 5.56 Å². The van der Waals surface area contributed by atoms with Gasteiger partial charge in [-0.2, -0.15) is 4.98 Å². The van der Waals surface area contributed by atoms with Crippen molar-refractivity contribution in [2.24, 2.45) is 0 Å². The van der Waals surface area contributed by atoms with E-state index in [0.29, 0.717) is 18.1 Å². The third-order valence-corrected chi connectivity index (χ3v) is 6.56. The lowest BCUT2D eigenvalue weighted by Gasteiger charge is -2.32. The molecule has 1 saturated heterocycles. The molecular weight excluding hydrogens is 422 g/mol. The highest BCUT2D eigenvalue weighted by molar-refractivity contribution is 5.92. The molecule has 1 aromatic carbocycles. The second-order valence-corrected chi connectivity index (χ2v) is 8.66. The van der Waals surface area contributed by atoms with E-state index in [1.54, 1.807) is 4.57 Å². The fraction of sp³-hybridized carbons (Fsp3) is 0.417. The molecule has 172 valence electrons. The van der Waals surface area contributed by atoms with Crippen molar-refractivity contribution in [3.8, 4) is 5.69 Å². The normalized spacial score (nSPS) is 17.1. The number of aryl methyl sites for hydroxylation is 2. The van der Waals surface area contributed by atoms with Crippen LogP contribution >= 0.6 is 0 Å². The first-order chi connectivity index (χ1) is 16.0. The van der Waals surface area contributed by atoms with Crippen LogP contribution in [0.3, 0.4) is 0 Å². The van der Waals surface area contributed by atoms with Crippen LogP contribution in [0, 0.1) is 0 Å². The molecule has 1 fully saturated rings. The second kappa shape index (κ2) is 8.92. The number of carboxylic acids is 1. The van der Waals surface area contributed by atoms with Crippen molar-refractivity contribution in [2.45, 2.75) is 32.2 Å². The minimum Gasteiger partial charge on any atom is -0.477 e. The smallest absolute Gasteiger partial charge is 0.341 e. The van der Waals surface area contributed by atoms with E-state index in [1.807, 2.05) is 6.07 Å². The topological polar surface area (TPSA) is 110 Å². The van der Waals surface area contributed by atoms with Gasteiger partial charge in [-0.25, -0.2) is 9.78 Å². The highest BCUT2D eigenvalue weighted by Crippen LogP contribution is 2.26. The molecule has 1 aliphatic carbocycles. The molecule has 3 heterocycles. The van der Waals surface area contributed by atoms with Gasteiger partial charge in [0.25, 0.3) is 0 Å². The fourth-order valence-corrected chi connectivity index (χ4v) is 4.64. The molecule has 33 heavy (non-hydrogen) atoms. The van der Waals surface area contributed by atoms with Crippen LogP contribution in [0.25, 0.3) is 16.7 Å². The number of aromatic nitrogens is 3. The number of anilines is 1. The zero-order valence-electron chi connectivity index (χ0n) is 18.6. The summed E-state index contributed by atoms with van der Waals surface area (Å²) in [5.41, 5.74) is 2.87. The molecular formula is C24H27N5O4. The Morgan fingerprint density at radius 2 is 2.03 bits per heavy atom. The molecule has 0 saturated carbocycles. The van der Waals surface area contributed by atoms with E-state index >= 15 is 0 Å². The number of pyridine rings is 1. The molecule has 0 bridgehead atoms. The van der Waals surface area contributed by atoms with E-state index in [1.165, 1.54) is 23.5 Å². The number of fused-ring (bicyclic) bond motifs is 2. The molecule has 2 N–H and O–H groups in total. The van der Waals surface area contributed by atoms with E-state index in [9.17, 15) is 14.7 Å². The maximum absolute atomic E-state index is 12.8. The van der Waals surface area contributed by atoms with Gasteiger partial charge in [-0.1, -0.05) is 6.07 Å². The highest BCUT2D eigenvalue weighted by atomic mass is 16.5. The molecule has 3 aromatic rings. The van der Waals surface area contributed by atoms with E-state index in [0.717, 1.165) is 51.3 Å². The van der Waals surface area contributed by atoms with Crippen molar-refractivity contribution in [2.75, 3.05) is 38.2 Å². The third kappa shape index (κ3) is 4.21. The van der Waals surface area contributed by atoms with Crippen LogP contribution in [0.4, 0.5) is 5.95 Å². The maximum Gasteiger partial charge on any atom is 0.341 e. The number of morpholine rings is 1. The molecule has 5 rings (SSSR count). The van der Waals surface area contributed by atoms with Gasteiger partial charge in [-0.3, -0.25) is 9.69 Å². The number of nitrogens with one attached hydrogen (secondary N) is 1. The molecule has 1 atom stereocenters. The summed E-state index contributed by atoms with van der Waals surface area (Å²) < 4.78 is 7.11. The number of aromatic carboxylic acids is 1. The summed E-state index contributed by atoms with van der Waals surface area (Å²) >= 11 is 0. The van der Waals surface area contributed by atoms with Crippen LogP contribution in [0.1, 0.15) is 34.8 Å². The Balaban J connectivity index is 1.52. The minimum absolute atomic E-state index is 0.183. The Morgan fingerprint density at radius 3 is 2.82 bits per heavy atom. The third-order valence-electron chi connectivity index (χ3n) is 6.56. The number of carbonyl (C=O) groups is 1. The monoisotopic (exact) mass is 449 g/mol. The number of benzene rings is 1. The number of hydrogen-bond acceptors (Lipinski definition) is 7. The van der Waals surface area contributed by atoms with Gasteiger partial charge < -0.3 is 19.7 Å². The van der Waals surface area contributed by atoms with Crippen molar-refractivity contribution in [1.29, 1.82) is 0 Å². The number of nitrogens with zero attached hydrogens (tertiary/aromatic N) is 4. The van der Waals surface area contributed by atoms with Crippen molar-refractivity contribution >= 4 is 23.0 Å². The lowest BCUT2D eigenvalue weighted by Crippen LogP contribution is -2.45.